The Morgan fingerprint density at radius 1 is 1.00 bits per heavy atom. The first kappa shape index (κ1) is 36.9. The zero-order chi connectivity index (χ0) is 32.5. The standard InChI is InChI=1S/C38H42ClNO5S.Li/c1-25-8-6-7-11-30(25)32-22-27(12-17-31(32)37(41)40-33(38(42)43)20-21-46-2)24-44-36(23-26-9-4-3-5-10-26)35-19-18-34(45-35)28-13-15-29(39)16-14-28;/h6-8,11-19,22,26,33,36H,3-5,9-10,20-21,23-24H2,1-2H3,(H,40,41)(H,42,43);/q;+1. The number of carbonyl (C=O) groups is 2. The largest absolute Gasteiger partial charge is 1.00 e. The number of hydrogen-bond acceptors (Lipinski definition) is 5. The molecule has 1 aromatic heterocycles. The van der Waals surface area contributed by atoms with Gasteiger partial charge in [0.1, 0.15) is 23.7 Å². The minimum atomic E-state index is -1.04. The first-order valence-corrected chi connectivity index (χ1v) is 17.8. The number of amides is 1. The smallest absolute Gasteiger partial charge is 0.480 e. The Morgan fingerprint density at radius 2 is 1.74 bits per heavy atom. The van der Waals surface area contributed by atoms with Crippen molar-refractivity contribution in [3.8, 4) is 22.5 Å². The molecule has 1 aliphatic rings. The van der Waals surface area contributed by atoms with Gasteiger partial charge in [0.05, 0.1) is 6.61 Å². The van der Waals surface area contributed by atoms with Gasteiger partial charge < -0.3 is 19.6 Å². The molecule has 47 heavy (non-hydrogen) atoms. The molecule has 2 atom stereocenters. The maximum atomic E-state index is 13.5. The van der Waals surface area contributed by atoms with E-state index in [0.29, 0.717) is 35.3 Å². The Bertz CT molecular complexity index is 1620. The molecule has 242 valence electrons. The summed E-state index contributed by atoms with van der Waals surface area (Å²) in [6, 6.07) is 24.2. The Kier molecular flexibility index (Phi) is 14.1. The molecule has 1 fully saturated rings. The van der Waals surface area contributed by atoms with Gasteiger partial charge in [0, 0.05) is 16.1 Å². The maximum Gasteiger partial charge on any atom is 1.00 e. The van der Waals surface area contributed by atoms with Gasteiger partial charge in [0.25, 0.3) is 5.91 Å². The molecule has 4 aromatic rings. The molecule has 0 aliphatic heterocycles. The number of rotatable bonds is 14. The van der Waals surface area contributed by atoms with Crippen molar-refractivity contribution >= 4 is 35.2 Å². The van der Waals surface area contributed by atoms with Crippen LogP contribution in [0.3, 0.4) is 0 Å². The van der Waals surface area contributed by atoms with Crippen molar-refractivity contribution < 1.29 is 42.7 Å². The van der Waals surface area contributed by atoms with E-state index in [9.17, 15) is 14.7 Å². The number of aliphatic carboxylic acids is 1. The average molecular weight is 667 g/mol. The molecule has 6 nitrogen and oxygen atoms in total. The Labute approximate surface area is 299 Å². The summed E-state index contributed by atoms with van der Waals surface area (Å²) in [5.41, 5.74) is 5.01. The van der Waals surface area contributed by atoms with Crippen LogP contribution in [-0.2, 0) is 16.1 Å². The van der Waals surface area contributed by atoms with Gasteiger partial charge in [0.15, 0.2) is 0 Å². The number of hydrogen-bond donors (Lipinski definition) is 2. The Balaban J connectivity index is 0.00000500. The van der Waals surface area contributed by atoms with Crippen molar-refractivity contribution in [3.63, 3.8) is 0 Å². The van der Waals surface area contributed by atoms with Gasteiger partial charge in [-0.05, 0) is 108 Å². The molecule has 0 radical (unpaired) electrons. The Morgan fingerprint density at radius 3 is 2.45 bits per heavy atom. The van der Waals surface area contributed by atoms with Gasteiger partial charge in [-0.25, -0.2) is 4.79 Å². The number of halogens is 1. The van der Waals surface area contributed by atoms with Crippen molar-refractivity contribution in [2.45, 2.75) is 70.6 Å². The number of carboxylic acid groups (broad SMARTS) is 1. The van der Waals surface area contributed by atoms with E-state index in [1.807, 2.05) is 86.0 Å². The fraction of sp³-hybridized carbons (Fsp3) is 0.368. The maximum absolute atomic E-state index is 13.5. The summed E-state index contributed by atoms with van der Waals surface area (Å²) in [5.74, 6) is 1.35. The van der Waals surface area contributed by atoms with Gasteiger partial charge in [0.2, 0.25) is 0 Å². The third-order valence-electron chi connectivity index (χ3n) is 8.77. The van der Waals surface area contributed by atoms with E-state index in [-0.39, 0.29) is 25.0 Å². The monoisotopic (exact) mass is 666 g/mol. The predicted molar refractivity (Wildman–Crippen MR) is 186 cm³/mol. The second-order valence-corrected chi connectivity index (χ2v) is 13.5. The molecule has 3 aromatic carbocycles. The molecule has 9 heteroatoms. The van der Waals surface area contributed by atoms with Gasteiger partial charge in [-0.3, -0.25) is 4.79 Å². The van der Waals surface area contributed by atoms with Crippen LogP contribution in [0.4, 0.5) is 0 Å². The van der Waals surface area contributed by atoms with E-state index in [1.165, 1.54) is 32.1 Å². The molecule has 2 unspecified atom stereocenters. The first-order chi connectivity index (χ1) is 22.3. The summed E-state index contributed by atoms with van der Waals surface area (Å²) in [4.78, 5) is 25.4. The zero-order valence-corrected chi connectivity index (χ0v) is 29.0. The first-order valence-electron chi connectivity index (χ1n) is 16.0. The normalized spacial score (nSPS) is 14.6. The quantitative estimate of drug-likeness (QED) is 0.145. The minimum Gasteiger partial charge on any atom is -0.480 e. The molecule has 1 heterocycles. The Hall–Kier alpha value is -2.92. The molecule has 1 aliphatic carbocycles. The number of furan rings is 1. The van der Waals surface area contributed by atoms with E-state index in [1.54, 1.807) is 17.8 Å². The topological polar surface area (TPSA) is 88.8 Å². The molecular formula is C38H42ClLiNO5S+. The number of carbonyl (C=O) groups excluding carboxylic acids is 1. The number of ether oxygens (including phenoxy) is 1. The van der Waals surface area contributed by atoms with Crippen molar-refractivity contribution in [3.05, 3.63) is 106 Å². The summed E-state index contributed by atoms with van der Waals surface area (Å²) in [7, 11) is 0. The van der Waals surface area contributed by atoms with E-state index >= 15 is 0 Å². The van der Waals surface area contributed by atoms with Crippen LogP contribution in [-0.4, -0.2) is 35.0 Å². The number of thioether (sulfide) groups is 1. The number of aryl methyl sites for hydroxylation is 1. The van der Waals surface area contributed by atoms with Gasteiger partial charge in [-0.2, -0.15) is 11.8 Å². The fourth-order valence-electron chi connectivity index (χ4n) is 6.19. The van der Waals surface area contributed by atoms with Crippen molar-refractivity contribution in [1.29, 1.82) is 0 Å². The van der Waals surface area contributed by atoms with Crippen LogP contribution in [0.15, 0.2) is 83.3 Å². The third kappa shape index (κ3) is 10.0. The molecule has 1 amide bonds. The van der Waals surface area contributed by atoms with E-state index < -0.39 is 17.9 Å². The molecule has 0 bridgehead atoms. The summed E-state index contributed by atoms with van der Waals surface area (Å²) < 4.78 is 13.0. The number of nitrogens with one attached hydrogen (secondary N) is 1. The van der Waals surface area contributed by atoms with Crippen LogP contribution >= 0.6 is 23.4 Å². The second kappa shape index (κ2) is 18.0. The minimum absolute atomic E-state index is 0. The predicted octanol–water partition coefficient (Wildman–Crippen LogP) is 6.74. The van der Waals surface area contributed by atoms with Gasteiger partial charge in [-0.1, -0.05) is 74.0 Å². The molecule has 0 spiro atoms. The fourth-order valence-corrected chi connectivity index (χ4v) is 6.79. The van der Waals surface area contributed by atoms with Crippen LogP contribution in [0.5, 0.6) is 0 Å². The summed E-state index contributed by atoms with van der Waals surface area (Å²) in [6.07, 6.45) is 9.09. The summed E-state index contributed by atoms with van der Waals surface area (Å²) >= 11 is 7.66. The van der Waals surface area contributed by atoms with Gasteiger partial charge in [-0.15, -0.1) is 0 Å². The molecule has 5 rings (SSSR count). The van der Waals surface area contributed by atoms with E-state index in [2.05, 4.69) is 5.32 Å². The molecule has 2 N–H and O–H groups in total. The third-order valence-corrected chi connectivity index (χ3v) is 9.67. The molecule has 1 saturated carbocycles. The average Bonchev–Trinajstić information content (AvgIpc) is 3.56. The van der Waals surface area contributed by atoms with Crippen molar-refractivity contribution in [1.82, 2.24) is 5.32 Å². The molecule has 0 saturated heterocycles. The van der Waals surface area contributed by atoms with Crippen molar-refractivity contribution in [2.24, 2.45) is 5.92 Å². The van der Waals surface area contributed by atoms with Gasteiger partial charge >= 0.3 is 24.8 Å². The second-order valence-electron chi connectivity index (χ2n) is 12.1. The zero-order valence-electron chi connectivity index (χ0n) is 27.5. The number of benzene rings is 3. The van der Waals surface area contributed by atoms with E-state index in [0.717, 1.165) is 45.8 Å². The summed E-state index contributed by atoms with van der Waals surface area (Å²) in [5, 5.41) is 13.2. The van der Waals surface area contributed by atoms with Crippen LogP contribution in [0.1, 0.15) is 78.3 Å². The van der Waals surface area contributed by atoms with Crippen LogP contribution in [0.25, 0.3) is 22.5 Å². The number of carboxylic acids is 1. The van der Waals surface area contributed by atoms with Crippen LogP contribution in [0.2, 0.25) is 5.02 Å². The van der Waals surface area contributed by atoms with Crippen LogP contribution < -0.4 is 24.2 Å². The SMILES string of the molecule is CSCCC(NC(=O)c1ccc(COC(CC2CCCCC2)c2ccc(-c3ccc(Cl)cc3)o2)cc1-c1ccccc1C)C(=O)O.[Li+]. The van der Waals surface area contributed by atoms with E-state index in [4.69, 9.17) is 20.8 Å². The van der Waals surface area contributed by atoms with Crippen LogP contribution in [0, 0.1) is 12.8 Å². The summed E-state index contributed by atoms with van der Waals surface area (Å²) in [6.45, 7) is 2.34. The van der Waals surface area contributed by atoms with Crippen molar-refractivity contribution in [2.75, 3.05) is 12.0 Å². The molecular weight excluding hydrogens is 625 g/mol.